The predicted octanol–water partition coefficient (Wildman–Crippen LogP) is 3.71. The van der Waals surface area contributed by atoms with Gasteiger partial charge in [-0.1, -0.05) is 15.9 Å². The van der Waals surface area contributed by atoms with Gasteiger partial charge in [-0.3, -0.25) is 0 Å². The fourth-order valence-corrected chi connectivity index (χ4v) is 3.22. The molecule has 0 saturated carbocycles. The van der Waals surface area contributed by atoms with Gasteiger partial charge in [0.25, 0.3) is 0 Å². The average molecular weight is 333 g/mol. The maximum atomic E-state index is 14.2. The molecule has 1 aromatic carbocycles. The van der Waals surface area contributed by atoms with Crippen molar-refractivity contribution in [3.63, 3.8) is 0 Å². The van der Waals surface area contributed by atoms with Crippen molar-refractivity contribution in [1.82, 2.24) is 0 Å². The maximum Gasteiger partial charge on any atom is 0.163 e. The quantitative estimate of drug-likeness (QED) is 0.787. The second kappa shape index (κ2) is 6.57. The van der Waals surface area contributed by atoms with E-state index in [4.69, 9.17) is 14.2 Å². The number of hydrogen-bond acceptors (Lipinski definition) is 3. The first-order chi connectivity index (χ1) is 9.17. The Morgan fingerprint density at radius 1 is 1.21 bits per heavy atom. The minimum atomic E-state index is -0.272. The second-order valence-electron chi connectivity index (χ2n) is 4.58. The van der Waals surface area contributed by atoms with E-state index in [1.165, 1.54) is 13.2 Å². The van der Waals surface area contributed by atoms with Crippen molar-refractivity contribution in [2.24, 2.45) is 5.92 Å². The highest BCUT2D eigenvalue weighted by Gasteiger charge is 2.26. The number of hydrogen-bond donors (Lipinski definition) is 0. The molecule has 106 valence electrons. The Hall–Kier alpha value is -0.810. The molecule has 3 nitrogen and oxygen atoms in total. The van der Waals surface area contributed by atoms with Crippen LogP contribution in [0.15, 0.2) is 12.1 Å². The number of methoxy groups -OCH3 is 2. The standard InChI is InChI=1S/C14H18BrFO3/c1-17-12-7-10(11(16)8-13(12)18-2)14(15)9-3-5-19-6-4-9/h7-9,14H,3-6H2,1-2H3. The van der Waals surface area contributed by atoms with E-state index in [1.54, 1.807) is 13.2 Å². The van der Waals surface area contributed by atoms with Crippen LogP contribution < -0.4 is 9.47 Å². The molecule has 1 unspecified atom stereocenters. The molecule has 1 atom stereocenters. The molecule has 1 heterocycles. The lowest BCUT2D eigenvalue weighted by atomic mass is 9.92. The van der Waals surface area contributed by atoms with Crippen LogP contribution in [-0.2, 0) is 4.74 Å². The van der Waals surface area contributed by atoms with Gasteiger partial charge in [0.05, 0.1) is 14.2 Å². The van der Waals surface area contributed by atoms with Gasteiger partial charge in [0.2, 0.25) is 0 Å². The van der Waals surface area contributed by atoms with Gasteiger partial charge in [-0.25, -0.2) is 4.39 Å². The predicted molar refractivity (Wildman–Crippen MR) is 74.7 cm³/mol. The van der Waals surface area contributed by atoms with E-state index in [0.29, 0.717) is 23.0 Å². The fraction of sp³-hybridized carbons (Fsp3) is 0.571. The molecule has 0 aromatic heterocycles. The first-order valence-corrected chi connectivity index (χ1v) is 7.22. The molecule has 1 fully saturated rings. The van der Waals surface area contributed by atoms with Gasteiger partial charge >= 0.3 is 0 Å². The molecule has 0 radical (unpaired) electrons. The number of ether oxygens (including phenoxy) is 3. The van der Waals surface area contributed by atoms with Crippen LogP contribution in [0.4, 0.5) is 4.39 Å². The first-order valence-electron chi connectivity index (χ1n) is 6.30. The second-order valence-corrected chi connectivity index (χ2v) is 5.57. The third-order valence-corrected chi connectivity index (χ3v) is 4.72. The summed E-state index contributed by atoms with van der Waals surface area (Å²) in [5.74, 6) is 1.07. The molecule has 1 aromatic rings. The summed E-state index contributed by atoms with van der Waals surface area (Å²) in [6.07, 6.45) is 1.87. The summed E-state index contributed by atoms with van der Waals surface area (Å²) in [7, 11) is 3.05. The lowest BCUT2D eigenvalue weighted by molar-refractivity contribution is 0.0659. The Labute approximate surface area is 121 Å². The van der Waals surface area contributed by atoms with Gasteiger partial charge in [0.1, 0.15) is 5.82 Å². The van der Waals surface area contributed by atoms with Gasteiger partial charge in [0, 0.05) is 29.7 Å². The zero-order valence-corrected chi connectivity index (χ0v) is 12.7. The maximum absolute atomic E-state index is 14.2. The van der Waals surface area contributed by atoms with Crippen molar-refractivity contribution in [1.29, 1.82) is 0 Å². The highest BCUT2D eigenvalue weighted by Crippen LogP contribution is 2.41. The Balaban J connectivity index is 2.27. The van der Waals surface area contributed by atoms with Crippen LogP contribution in [0.1, 0.15) is 23.2 Å². The molecule has 1 saturated heterocycles. The Kier molecular flexibility index (Phi) is 5.05. The highest BCUT2D eigenvalue weighted by molar-refractivity contribution is 9.09. The smallest absolute Gasteiger partial charge is 0.163 e. The van der Waals surface area contributed by atoms with Crippen molar-refractivity contribution in [2.45, 2.75) is 17.7 Å². The van der Waals surface area contributed by atoms with Crippen LogP contribution in [0.2, 0.25) is 0 Å². The molecular weight excluding hydrogens is 315 g/mol. The molecule has 1 aliphatic heterocycles. The zero-order valence-electron chi connectivity index (χ0n) is 11.1. The SMILES string of the molecule is COc1cc(F)c(C(Br)C2CCOCC2)cc1OC. The van der Waals surface area contributed by atoms with Crippen molar-refractivity contribution in [3.8, 4) is 11.5 Å². The van der Waals surface area contributed by atoms with Crippen LogP contribution in [-0.4, -0.2) is 27.4 Å². The number of alkyl halides is 1. The molecule has 0 aliphatic carbocycles. The highest BCUT2D eigenvalue weighted by atomic mass is 79.9. The Morgan fingerprint density at radius 2 is 1.79 bits per heavy atom. The molecular formula is C14H18BrFO3. The van der Waals surface area contributed by atoms with Gasteiger partial charge in [-0.05, 0) is 24.8 Å². The van der Waals surface area contributed by atoms with Crippen LogP contribution in [0.25, 0.3) is 0 Å². The molecule has 0 amide bonds. The summed E-state index contributed by atoms with van der Waals surface area (Å²) in [5.41, 5.74) is 0.615. The summed E-state index contributed by atoms with van der Waals surface area (Å²) in [6, 6.07) is 3.09. The number of halogens is 2. The first kappa shape index (κ1) is 14.6. The number of benzene rings is 1. The van der Waals surface area contributed by atoms with Gasteiger partial charge in [-0.15, -0.1) is 0 Å². The van der Waals surface area contributed by atoms with E-state index >= 15 is 0 Å². The third kappa shape index (κ3) is 3.20. The summed E-state index contributed by atoms with van der Waals surface area (Å²) in [4.78, 5) is -0.0313. The van der Waals surface area contributed by atoms with Crippen molar-refractivity contribution in [3.05, 3.63) is 23.5 Å². The summed E-state index contributed by atoms with van der Waals surface area (Å²) < 4.78 is 29.8. The minimum absolute atomic E-state index is 0.0313. The van der Waals surface area contributed by atoms with E-state index in [0.717, 1.165) is 26.1 Å². The van der Waals surface area contributed by atoms with E-state index in [9.17, 15) is 4.39 Å². The Bertz CT molecular complexity index is 433. The molecule has 0 bridgehead atoms. The van der Waals surface area contributed by atoms with Gasteiger partial charge in [-0.2, -0.15) is 0 Å². The molecule has 2 rings (SSSR count). The normalized spacial score (nSPS) is 18.1. The zero-order chi connectivity index (χ0) is 13.8. The third-order valence-electron chi connectivity index (χ3n) is 3.48. The molecule has 1 aliphatic rings. The van der Waals surface area contributed by atoms with Crippen LogP contribution >= 0.6 is 15.9 Å². The summed E-state index contributed by atoms with van der Waals surface area (Å²) >= 11 is 3.62. The lowest BCUT2D eigenvalue weighted by Crippen LogP contribution is -2.20. The van der Waals surface area contributed by atoms with E-state index < -0.39 is 0 Å². The van der Waals surface area contributed by atoms with Crippen molar-refractivity contribution < 1.29 is 18.6 Å². The number of rotatable bonds is 4. The molecule has 0 spiro atoms. The molecule has 5 heteroatoms. The van der Waals surface area contributed by atoms with Crippen molar-refractivity contribution >= 4 is 15.9 Å². The van der Waals surface area contributed by atoms with Crippen LogP contribution in [0.5, 0.6) is 11.5 Å². The molecule has 19 heavy (non-hydrogen) atoms. The van der Waals surface area contributed by atoms with Crippen LogP contribution in [0, 0.1) is 11.7 Å². The van der Waals surface area contributed by atoms with E-state index in [-0.39, 0.29) is 10.6 Å². The fourth-order valence-electron chi connectivity index (χ4n) is 2.34. The van der Waals surface area contributed by atoms with Crippen molar-refractivity contribution in [2.75, 3.05) is 27.4 Å². The average Bonchev–Trinajstić information content (AvgIpc) is 2.47. The van der Waals surface area contributed by atoms with E-state index in [1.807, 2.05) is 0 Å². The summed E-state index contributed by atoms with van der Waals surface area (Å²) in [6.45, 7) is 1.48. The van der Waals surface area contributed by atoms with E-state index in [2.05, 4.69) is 15.9 Å². The minimum Gasteiger partial charge on any atom is -0.493 e. The lowest BCUT2D eigenvalue weighted by Gasteiger charge is -2.27. The monoisotopic (exact) mass is 332 g/mol. The van der Waals surface area contributed by atoms with Crippen LogP contribution in [0.3, 0.4) is 0 Å². The molecule has 0 N–H and O–H groups in total. The van der Waals surface area contributed by atoms with Gasteiger partial charge < -0.3 is 14.2 Å². The largest absolute Gasteiger partial charge is 0.493 e. The Morgan fingerprint density at radius 3 is 2.37 bits per heavy atom. The topological polar surface area (TPSA) is 27.7 Å². The van der Waals surface area contributed by atoms with Gasteiger partial charge in [0.15, 0.2) is 11.5 Å². The summed E-state index contributed by atoms with van der Waals surface area (Å²) in [5, 5.41) is 0.